The molecule has 0 aliphatic heterocycles. The van der Waals surface area contributed by atoms with Gasteiger partial charge < -0.3 is 10.1 Å². The van der Waals surface area contributed by atoms with Crippen molar-refractivity contribution < 1.29 is 4.74 Å². The highest BCUT2D eigenvalue weighted by Crippen LogP contribution is 2.17. The second-order valence-electron chi connectivity index (χ2n) is 4.32. The van der Waals surface area contributed by atoms with Gasteiger partial charge in [-0.15, -0.1) is 0 Å². The molecule has 0 fully saturated rings. The lowest BCUT2D eigenvalue weighted by Gasteiger charge is -2.20. The molecule has 0 aromatic carbocycles. The number of rotatable bonds is 8. The van der Waals surface area contributed by atoms with Gasteiger partial charge in [-0.3, -0.25) is 4.98 Å². The molecule has 96 valence electrons. The molecule has 1 rings (SSSR count). The first-order valence-corrected chi connectivity index (χ1v) is 6.56. The molecule has 1 N–H and O–H groups in total. The Kier molecular flexibility index (Phi) is 6.63. The summed E-state index contributed by atoms with van der Waals surface area (Å²) < 4.78 is 6.01. The maximum absolute atomic E-state index is 6.01. The van der Waals surface area contributed by atoms with Crippen molar-refractivity contribution in [2.45, 2.75) is 46.1 Å². The average molecular weight is 236 g/mol. The lowest BCUT2D eigenvalue weighted by atomic mass is 10.2. The van der Waals surface area contributed by atoms with Crippen molar-refractivity contribution in [3.05, 3.63) is 24.0 Å². The van der Waals surface area contributed by atoms with Crippen LogP contribution in [0.25, 0.3) is 0 Å². The van der Waals surface area contributed by atoms with E-state index in [9.17, 15) is 0 Å². The second-order valence-corrected chi connectivity index (χ2v) is 4.32. The fourth-order valence-electron chi connectivity index (χ4n) is 1.74. The fourth-order valence-corrected chi connectivity index (χ4v) is 1.74. The van der Waals surface area contributed by atoms with Gasteiger partial charge in [0.25, 0.3) is 0 Å². The smallest absolute Gasteiger partial charge is 0.140 e. The molecule has 3 heteroatoms. The third-order valence-electron chi connectivity index (χ3n) is 2.66. The van der Waals surface area contributed by atoms with E-state index in [0.717, 1.165) is 43.8 Å². The van der Waals surface area contributed by atoms with Gasteiger partial charge in [-0.05, 0) is 38.4 Å². The molecule has 17 heavy (non-hydrogen) atoms. The Bertz CT molecular complexity index is 315. The Balaban J connectivity index is 2.50. The number of hydrogen-bond donors (Lipinski definition) is 1. The molecule has 1 atom stereocenters. The quantitative estimate of drug-likeness (QED) is 0.705. The lowest BCUT2D eigenvalue weighted by Crippen LogP contribution is -2.32. The monoisotopic (exact) mass is 236 g/mol. The van der Waals surface area contributed by atoms with E-state index >= 15 is 0 Å². The Morgan fingerprint density at radius 1 is 1.35 bits per heavy atom. The van der Waals surface area contributed by atoms with Crippen molar-refractivity contribution in [1.82, 2.24) is 10.3 Å². The Morgan fingerprint density at radius 2 is 2.18 bits per heavy atom. The van der Waals surface area contributed by atoms with Crippen LogP contribution >= 0.6 is 0 Å². The topological polar surface area (TPSA) is 34.1 Å². The summed E-state index contributed by atoms with van der Waals surface area (Å²) in [4.78, 5) is 4.24. The third-order valence-corrected chi connectivity index (χ3v) is 2.66. The predicted octanol–water partition coefficient (Wildman–Crippen LogP) is 2.94. The fraction of sp³-hybridized carbons (Fsp3) is 0.643. The van der Waals surface area contributed by atoms with E-state index in [4.69, 9.17) is 4.74 Å². The summed E-state index contributed by atoms with van der Waals surface area (Å²) in [5.41, 5.74) is 0.962. The highest BCUT2D eigenvalue weighted by atomic mass is 16.5. The molecule has 0 saturated carbocycles. The van der Waals surface area contributed by atoms with Crippen LogP contribution < -0.4 is 10.1 Å². The van der Waals surface area contributed by atoms with Crippen molar-refractivity contribution in [3.8, 4) is 5.75 Å². The van der Waals surface area contributed by atoms with Crippen LogP contribution in [0.15, 0.2) is 18.3 Å². The van der Waals surface area contributed by atoms with Crippen LogP contribution in [0.3, 0.4) is 0 Å². The van der Waals surface area contributed by atoms with Gasteiger partial charge in [0, 0.05) is 12.7 Å². The minimum absolute atomic E-state index is 0.245. The average Bonchev–Trinajstić information content (AvgIpc) is 2.32. The van der Waals surface area contributed by atoms with E-state index in [1.54, 1.807) is 6.20 Å². The van der Waals surface area contributed by atoms with Crippen LogP contribution in [0.4, 0.5) is 0 Å². The molecular formula is C14H24N2O. The summed E-state index contributed by atoms with van der Waals surface area (Å²) in [6.45, 7) is 8.31. The van der Waals surface area contributed by atoms with E-state index in [0.29, 0.717) is 0 Å². The molecule has 0 aliphatic carbocycles. The zero-order valence-corrected chi connectivity index (χ0v) is 11.2. The predicted molar refractivity (Wildman–Crippen MR) is 71.5 cm³/mol. The van der Waals surface area contributed by atoms with Crippen LogP contribution in [0.1, 0.15) is 38.8 Å². The van der Waals surface area contributed by atoms with Gasteiger partial charge in [-0.25, -0.2) is 0 Å². The van der Waals surface area contributed by atoms with Crippen molar-refractivity contribution in [2.75, 3.05) is 13.1 Å². The Labute approximate surface area is 105 Å². The molecule has 1 heterocycles. The maximum atomic E-state index is 6.01. The highest BCUT2D eigenvalue weighted by Gasteiger charge is 2.10. The molecule has 0 radical (unpaired) electrons. The Hall–Kier alpha value is -1.09. The van der Waals surface area contributed by atoms with E-state index < -0.39 is 0 Å². The number of nitrogens with zero attached hydrogens (tertiary/aromatic N) is 1. The van der Waals surface area contributed by atoms with Crippen molar-refractivity contribution in [2.24, 2.45) is 0 Å². The largest absolute Gasteiger partial charge is 0.487 e. The van der Waals surface area contributed by atoms with Gasteiger partial charge in [0.2, 0.25) is 0 Å². The van der Waals surface area contributed by atoms with E-state index in [1.165, 1.54) is 0 Å². The first-order chi connectivity index (χ1) is 8.27. The number of nitrogens with one attached hydrogen (secondary N) is 1. The normalized spacial score (nSPS) is 12.4. The van der Waals surface area contributed by atoms with Crippen LogP contribution in [0.5, 0.6) is 5.75 Å². The van der Waals surface area contributed by atoms with Gasteiger partial charge in [0.15, 0.2) is 0 Å². The van der Waals surface area contributed by atoms with Gasteiger partial charge in [-0.1, -0.05) is 20.3 Å². The standard InChI is InChI=1S/C14H24N2O/c1-4-7-13(11-15-9-5-2)17-14-8-6-10-16-12(14)3/h6,8,10,13,15H,4-5,7,9,11H2,1-3H3. The molecule has 0 amide bonds. The van der Waals surface area contributed by atoms with E-state index in [1.807, 2.05) is 19.1 Å². The zero-order valence-electron chi connectivity index (χ0n) is 11.2. The molecule has 0 aliphatic rings. The second kappa shape index (κ2) is 8.07. The number of aryl methyl sites for hydroxylation is 1. The van der Waals surface area contributed by atoms with E-state index in [2.05, 4.69) is 24.1 Å². The summed E-state index contributed by atoms with van der Waals surface area (Å²) in [5, 5.41) is 3.41. The molecular weight excluding hydrogens is 212 g/mol. The van der Waals surface area contributed by atoms with E-state index in [-0.39, 0.29) is 6.10 Å². The molecule has 0 saturated heterocycles. The van der Waals surface area contributed by atoms with Crippen molar-refractivity contribution in [1.29, 1.82) is 0 Å². The van der Waals surface area contributed by atoms with Gasteiger partial charge >= 0.3 is 0 Å². The summed E-state index contributed by atoms with van der Waals surface area (Å²) in [7, 11) is 0. The van der Waals surface area contributed by atoms with Crippen LogP contribution in [0, 0.1) is 6.92 Å². The van der Waals surface area contributed by atoms with Crippen molar-refractivity contribution >= 4 is 0 Å². The molecule has 3 nitrogen and oxygen atoms in total. The van der Waals surface area contributed by atoms with Crippen molar-refractivity contribution in [3.63, 3.8) is 0 Å². The number of aromatic nitrogens is 1. The Morgan fingerprint density at radius 3 is 2.82 bits per heavy atom. The van der Waals surface area contributed by atoms with Crippen LogP contribution in [-0.2, 0) is 0 Å². The first-order valence-electron chi connectivity index (χ1n) is 6.56. The minimum Gasteiger partial charge on any atom is -0.487 e. The molecule has 0 spiro atoms. The summed E-state index contributed by atoms with van der Waals surface area (Å²) >= 11 is 0. The maximum Gasteiger partial charge on any atom is 0.140 e. The van der Waals surface area contributed by atoms with Gasteiger partial charge in [0.05, 0.1) is 5.69 Å². The molecule has 1 unspecified atom stereocenters. The van der Waals surface area contributed by atoms with Crippen LogP contribution in [0.2, 0.25) is 0 Å². The summed E-state index contributed by atoms with van der Waals surface area (Å²) in [5.74, 6) is 0.907. The van der Waals surface area contributed by atoms with Crippen LogP contribution in [-0.4, -0.2) is 24.2 Å². The van der Waals surface area contributed by atoms with Gasteiger partial charge in [0.1, 0.15) is 11.9 Å². The molecule has 1 aromatic heterocycles. The summed E-state index contributed by atoms with van der Waals surface area (Å²) in [6, 6.07) is 3.91. The molecule has 0 bridgehead atoms. The lowest BCUT2D eigenvalue weighted by molar-refractivity contribution is 0.184. The molecule has 1 aromatic rings. The highest BCUT2D eigenvalue weighted by molar-refractivity contribution is 5.25. The SMILES string of the molecule is CCCNCC(CCC)Oc1cccnc1C. The zero-order chi connectivity index (χ0) is 12.5. The number of pyridine rings is 1. The van der Waals surface area contributed by atoms with Gasteiger partial charge in [-0.2, -0.15) is 0 Å². The number of hydrogen-bond acceptors (Lipinski definition) is 3. The minimum atomic E-state index is 0.245. The first kappa shape index (κ1) is 14.0. The summed E-state index contributed by atoms with van der Waals surface area (Å²) in [6.07, 6.45) is 5.41. The number of ether oxygens (including phenoxy) is 1. The third kappa shape index (κ3) is 5.18.